The predicted octanol–water partition coefficient (Wildman–Crippen LogP) is 3.82. The molecule has 3 nitrogen and oxygen atoms in total. The van der Waals surface area contributed by atoms with Crippen LogP contribution in [0.25, 0.3) is 0 Å². The minimum absolute atomic E-state index is 0.374. The standard InChI is InChI=1S/C16H24BClO3/c1-6-7-10-19-14-9-8-12(18)11-13(14)17-20-15(2,3)16(4,5)21-17/h8-9,11H,6-7,10H2,1-5H3. The topological polar surface area (TPSA) is 27.7 Å². The molecule has 0 saturated carbocycles. The van der Waals surface area contributed by atoms with Gasteiger partial charge in [0, 0.05) is 10.5 Å². The van der Waals surface area contributed by atoms with E-state index in [4.69, 9.17) is 25.6 Å². The lowest BCUT2D eigenvalue weighted by Crippen LogP contribution is -2.41. The third-order valence-electron chi connectivity index (χ3n) is 4.23. The fourth-order valence-corrected chi connectivity index (χ4v) is 2.31. The maximum atomic E-state index is 6.13. The van der Waals surface area contributed by atoms with Crippen LogP contribution >= 0.6 is 11.6 Å². The van der Waals surface area contributed by atoms with Crippen molar-refractivity contribution in [2.75, 3.05) is 6.61 Å². The Hall–Kier alpha value is -0.705. The maximum absolute atomic E-state index is 6.13. The number of ether oxygens (including phenoxy) is 1. The maximum Gasteiger partial charge on any atom is 0.498 e. The molecule has 21 heavy (non-hydrogen) atoms. The summed E-state index contributed by atoms with van der Waals surface area (Å²) < 4.78 is 18.0. The first-order valence-electron chi connectivity index (χ1n) is 7.55. The van der Waals surface area contributed by atoms with E-state index < -0.39 is 7.12 Å². The molecule has 0 amide bonds. The Morgan fingerprint density at radius 3 is 2.33 bits per heavy atom. The lowest BCUT2D eigenvalue weighted by atomic mass is 9.78. The van der Waals surface area contributed by atoms with Crippen LogP contribution in [0.2, 0.25) is 5.02 Å². The normalized spacial score (nSPS) is 19.8. The zero-order chi connectivity index (χ0) is 15.7. The van der Waals surface area contributed by atoms with Crippen LogP contribution in [0.1, 0.15) is 47.5 Å². The Morgan fingerprint density at radius 2 is 1.76 bits per heavy atom. The number of hydrogen-bond donors (Lipinski definition) is 0. The van der Waals surface area contributed by atoms with E-state index in [-0.39, 0.29) is 11.2 Å². The van der Waals surface area contributed by atoms with E-state index in [1.165, 1.54) is 0 Å². The highest BCUT2D eigenvalue weighted by Gasteiger charge is 2.52. The summed E-state index contributed by atoms with van der Waals surface area (Å²) in [5, 5.41) is 0.655. The summed E-state index contributed by atoms with van der Waals surface area (Å²) in [5.41, 5.74) is 0.110. The average molecular weight is 311 g/mol. The highest BCUT2D eigenvalue weighted by molar-refractivity contribution is 6.63. The van der Waals surface area contributed by atoms with E-state index in [0.29, 0.717) is 11.6 Å². The van der Waals surface area contributed by atoms with Crippen molar-refractivity contribution < 1.29 is 14.0 Å². The summed E-state index contributed by atoms with van der Waals surface area (Å²) in [6.07, 6.45) is 2.12. The molecule has 0 bridgehead atoms. The van der Waals surface area contributed by atoms with Gasteiger partial charge in [-0.15, -0.1) is 0 Å². The third-order valence-corrected chi connectivity index (χ3v) is 4.47. The zero-order valence-electron chi connectivity index (χ0n) is 13.5. The smallest absolute Gasteiger partial charge is 0.494 e. The molecule has 0 atom stereocenters. The van der Waals surface area contributed by atoms with Crippen LogP contribution in [-0.4, -0.2) is 24.9 Å². The molecule has 0 unspecified atom stereocenters. The van der Waals surface area contributed by atoms with Crippen LogP contribution in [0, 0.1) is 0 Å². The summed E-state index contributed by atoms with van der Waals surface area (Å²) in [4.78, 5) is 0. The highest BCUT2D eigenvalue weighted by Crippen LogP contribution is 2.37. The van der Waals surface area contributed by atoms with Gasteiger partial charge in [0.1, 0.15) is 5.75 Å². The van der Waals surface area contributed by atoms with Gasteiger partial charge in [0.05, 0.1) is 17.8 Å². The minimum Gasteiger partial charge on any atom is -0.494 e. The molecule has 1 aliphatic heterocycles. The third kappa shape index (κ3) is 3.55. The van der Waals surface area contributed by atoms with Gasteiger partial charge in [0.15, 0.2) is 0 Å². The molecule has 0 aliphatic carbocycles. The summed E-state index contributed by atoms with van der Waals surface area (Å²) in [6.45, 7) is 11.0. The van der Waals surface area contributed by atoms with Crippen LogP contribution in [0.5, 0.6) is 5.75 Å². The molecule has 0 spiro atoms. The van der Waals surface area contributed by atoms with Gasteiger partial charge in [-0.05, 0) is 52.3 Å². The van der Waals surface area contributed by atoms with Gasteiger partial charge in [0.25, 0.3) is 0 Å². The van der Waals surface area contributed by atoms with E-state index >= 15 is 0 Å². The van der Waals surface area contributed by atoms with Crippen LogP contribution in [-0.2, 0) is 9.31 Å². The van der Waals surface area contributed by atoms with Crippen LogP contribution in [0.4, 0.5) is 0 Å². The van der Waals surface area contributed by atoms with Gasteiger partial charge >= 0.3 is 7.12 Å². The Labute approximate surface area is 133 Å². The Bertz CT molecular complexity index is 486. The molecule has 116 valence electrons. The summed E-state index contributed by atoms with van der Waals surface area (Å²) in [5.74, 6) is 0.784. The summed E-state index contributed by atoms with van der Waals surface area (Å²) in [7, 11) is -0.453. The van der Waals surface area contributed by atoms with E-state index in [0.717, 1.165) is 24.1 Å². The van der Waals surface area contributed by atoms with E-state index in [2.05, 4.69) is 6.92 Å². The van der Waals surface area contributed by atoms with Gasteiger partial charge in [0.2, 0.25) is 0 Å². The van der Waals surface area contributed by atoms with Crippen molar-refractivity contribution in [2.24, 2.45) is 0 Å². The number of unbranched alkanes of at least 4 members (excludes halogenated alkanes) is 1. The molecule has 1 aromatic rings. The fraction of sp³-hybridized carbons (Fsp3) is 0.625. The largest absolute Gasteiger partial charge is 0.498 e. The van der Waals surface area contributed by atoms with Crippen LogP contribution in [0.15, 0.2) is 18.2 Å². The first-order chi connectivity index (χ1) is 9.77. The van der Waals surface area contributed by atoms with Crippen LogP contribution < -0.4 is 10.2 Å². The van der Waals surface area contributed by atoms with Crippen molar-refractivity contribution in [3.8, 4) is 5.75 Å². The fourth-order valence-electron chi connectivity index (χ4n) is 2.13. The number of benzene rings is 1. The second-order valence-electron chi connectivity index (χ2n) is 6.47. The van der Waals surface area contributed by atoms with Crippen LogP contribution in [0.3, 0.4) is 0 Å². The van der Waals surface area contributed by atoms with Crippen molar-refractivity contribution in [2.45, 2.75) is 58.7 Å². The Kier molecular flexibility index (Phi) is 4.91. The van der Waals surface area contributed by atoms with Crippen molar-refractivity contribution in [1.29, 1.82) is 0 Å². The molecule has 0 aromatic heterocycles. The first kappa shape index (κ1) is 16.7. The van der Waals surface area contributed by atoms with Crippen molar-refractivity contribution in [3.05, 3.63) is 23.2 Å². The Morgan fingerprint density at radius 1 is 1.14 bits per heavy atom. The lowest BCUT2D eigenvalue weighted by molar-refractivity contribution is 0.00578. The zero-order valence-corrected chi connectivity index (χ0v) is 14.3. The van der Waals surface area contributed by atoms with Gasteiger partial charge in [-0.25, -0.2) is 0 Å². The molecule has 2 rings (SSSR count). The molecule has 1 fully saturated rings. The number of rotatable bonds is 5. The van der Waals surface area contributed by atoms with E-state index in [1.807, 2.05) is 45.9 Å². The minimum atomic E-state index is -0.453. The second-order valence-corrected chi connectivity index (χ2v) is 6.91. The SMILES string of the molecule is CCCCOc1ccc(Cl)cc1B1OC(C)(C)C(C)(C)O1. The molecule has 0 N–H and O–H groups in total. The van der Waals surface area contributed by atoms with Crippen molar-refractivity contribution in [1.82, 2.24) is 0 Å². The van der Waals surface area contributed by atoms with Crippen molar-refractivity contribution >= 4 is 24.2 Å². The quantitative estimate of drug-likeness (QED) is 0.611. The van der Waals surface area contributed by atoms with Gasteiger partial charge in [-0.3, -0.25) is 0 Å². The van der Waals surface area contributed by atoms with Gasteiger partial charge < -0.3 is 14.0 Å². The van der Waals surface area contributed by atoms with Gasteiger partial charge in [-0.1, -0.05) is 24.9 Å². The molecule has 1 aromatic carbocycles. The average Bonchev–Trinajstić information content (AvgIpc) is 2.60. The van der Waals surface area contributed by atoms with Crippen molar-refractivity contribution in [3.63, 3.8) is 0 Å². The Balaban J connectivity index is 2.25. The molecule has 5 heteroatoms. The second kappa shape index (κ2) is 6.19. The molecule has 1 heterocycles. The van der Waals surface area contributed by atoms with E-state index in [9.17, 15) is 0 Å². The lowest BCUT2D eigenvalue weighted by Gasteiger charge is -2.32. The first-order valence-corrected chi connectivity index (χ1v) is 7.92. The molecule has 1 aliphatic rings. The molecular weight excluding hydrogens is 286 g/mol. The molecule has 1 saturated heterocycles. The predicted molar refractivity (Wildman–Crippen MR) is 87.6 cm³/mol. The van der Waals surface area contributed by atoms with E-state index in [1.54, 1.807) is 0 Å². The summed E-state index contributed by atoms with van der Waals surface area (Å²) in [6, 6.07) is 5.58. The number of hydrogen-bond acceptors (Lipinski definition) is 3. The summed E-state index contributed by atoms with van der Waals surface area (Å²) >= 11 is 6.13. The van der Waals surface area contributed by atoms with Gasteiger partial charge in [-0.2, -0.15) is 0 Å². The number of halogens is 1. The molecular formula is C16H24BClO3. The highest BCUT2D eigenvalue weighted by atomic mass is 35.5. The monoisotopic (exact) mass is 310 g/mol. The molecule has 0 radical (unpaired) electrons.